The van der Waals surface area contributed by atoms with E-state index in [0.717, 1.165) is 46.2 Å². The molecule has 182 valence electrons. The number of thiazole rings is 1. The number of ether oxygens (including phenoxy) is 1. The minimum absolute atomic E-state index is 0.0517. The number of aromatic nitrogens is 5. The monoisotopic (exact) mass is 492 g/mol. The molecule has 0 atom stereocenters. The number of hydrogen-bond donors (Lipinski definition) is 2. The zero-order valence-corrected chi connectivity index (χ0v) is 20.8. The molecular formula is C25H30N7O2S+. The van der Waals surface area contributed by atoms with Gasteiger partial charge in [-0.15, -0.1) is 0 Å². The van der Waals surface area contributed by atoms with E-state index in [9.17, 15) is 4.79 Å². The molecule has 4 rings (SSSR count). The van der Waals surface area contributed by atoms with Crippen LogP contribution >= 0.6 is 11.3 Å². The second-order valence-corrected chi connectivity index (χ2v) is 9.27. The van der Waals surface area contributed by atoms with Crippen molar-refractivity contribution < 1.29 is 14.3 Å². The lowest BCUT2D eigenvalue weighted by molar-refractivity contribution is -0.734. The fourth-order valence-corrected chi connectivity index (χ4v) is 4.24. The van der Waals surface area contributed by atoms with Crippen molar-refractivity contribution in [3.8, 4) is 28.0 Å². The standard InChI is InChI=1S/C25H29N7O2S/c1-18-19(2)35-25(28-18)32-30-24(29-31(32)21-11-5-3-6-12-21)20-10-9-13-22(16-20)34-17-23(33)27-15-8-4-7-14-26/h3,5-6,9-13,16H,4,7-8,14-15,17,26H2,1-2H3/p+1. The van der Waals surface area contributed by atoms with Crippen LogP contribution in [0.2, 0.25) is 0 Å². The number of nitrogens with one attached hydrogen (secondary N) is 1. The molecule has 0 aliphatic rings. The highest BCUT2D eigenvalue weighted by atomic mass is 32.1. The largest absolute Gasteiger partial charge is 0.484 e. The number of nitrogens with two attached hydrogens (primary N) is 1. The summed E-state index contributed by atoms with van der Waals surface area (Å²) in [6.07, 6.45) is 2.88. The van der Waals surface area contributed by atoms with E-state index in [1.54, 1.807) is 20.9 Å². The maximum atomic E-state index is 12.1. The number of aryl methyl sites for hydroxylation is 2. The molecule has 1 amide bonds. The van der Waals surface area contributed by atoms with Gasteiger partial charge in [-0.3, -0.25) is 4.79 Å². The third kappa shape index (κ3) is 6.28. The Labute approximate surface area is 208 Å². The normalized spacial score (nSPS) is 10.9. The molecule has 2 aromatic heterocycles. The van der Waals surface area contributed by atoms with Crippen molar-refractivity contribution in [2.75, 3.05) is 19.7 Å². The zero-order chi connectivity index (χ0) is 24.6. The van der Waals surface area contributed by atoms with Crippen molar-refractivity contribution in [1.82, 2.24) is 25.3 Å². The van der Waals surface area contributed by atoms with Crippen LogP contribution in [-0.4, -0.2) is 45.6 Å². The fourth-order valence-electron chi connectivity index (χ4n) is 3.39. The maximum absolute atomic E-state index is 12.1. The highest BCUT2D eigenvalue weighted by Gasteiger charge is 2.25. The van der Waals surface area contributed by atoms with E-state index in [-0.39, 0.29) is 12.5 Å². The molecule has 0 aliphatic carbocycles. The molecular weight excluding hydrogens is 462 g/mol. The van der Waals surface area contributed by atoms with Crippen LogP contribution in [0.5, 0.6) is 5.75 Å². The van der Waals surface area contributed by atoms with Crippen LogP contribution in [0.3, 0.4) is 0 Å². The zero-order valence-electron chi connectivity index (χ0n) is 20.0. The van der Waals surface area contributed by atoms with Gasteiger partial charge in [0.15, 0.2) is 6.61 Å². The molecule has 10 heteroatoms. The van der Waals surface area contributed by atoms with Gasteiger partial charge in [0.25, 0.3) is 11.7 Å². The van der Waals surface area contributed by atoms with E-state index in [4.69, 9.17) is 20.7 Å². The van der Waals surface area contributed by atoms with E-state index in [1.807, 2.05) is 68.4 Å². The maximum Gasteiger partial charge on any atom is 0.364 e. The van der Waals surface area contributed by atoms with Crippen molar-refractivity contribution in [2.45, 2.75) is 33.1 Å². The van der Waals surface area contributed by atoms with Crippen LogP contribution in [0, 0.1) is 13.8 Å². The van der Waals surface area contributed by atoms with Gasteiger partial charge in [-0.1, -0.05) is 47.0 Å². The summed E-state index contributed by atoms with van der Waals surface area (Å²) >= 11 is 1.56. The third-order valence-electron chi connectivity index (χ3n) is 5.40. The number of unbranched alkanes of at least 4 members (excludes halogenated alkanes) is 2. The van der Waals surface area contributed by atoms with E-state index in [1.165, 1.54) is 0 Å². The fraction of sp³-hybridized carbons (Fsp3) is 0.320. The average Bonchev–Trinajstić information content (AvgIpc) is 3.47. The minimum Gasteiger partial charge on any atom is -0.484 e. The molecule has 0 aliphatic heterocycles. The molecule has 0 radical (unpaired) electrons. The Balaban J connectivity index is 1.52. The van der Waals surface area contributed by atoms with Crippen molar-refractivity contribution in [3.05, 3.63) is 65.2 Å². The number of carbonyl (C=O) groups is 1. The first kappa shape index (κ1) is 24.5. The number of tetrazole rings is 1. The molecule has 2 heterocycles. The lowest BCUT2D eigenvalue weighted by Crippen LogP contribution is -2.43. The van der Waals surface area contributed by atoms with Gasteiger partial charge >= 0.3 is 5.13 Å². The predicted molar refractivity (Wildman–Crippen MR) is 135 cm³/mol. The summed E-state index contributed by atoms with van der Waals surface area (Å²) < 4.78 is 5.72. The first-order chi connectivity index (χ1) is 17.0. The van der Waals surface area contributed by atoms with Gasteiger partial charge in [-0.2, -0.15) is 0 Å². The van der Waals surface area contributed by atoms with Gasteiger partial charge in [0.2, 0.25) is 0 Å². The van der Waals surface area contributed by atoms with E-state index in [0.29, 0.717) is 24.7 Å². The molecule has 0 bridgehead atoms. The second-order valence-electron chi connectivity index (χ2n) is 8.09. The van der Waals surface area contributed by atoms with Gasteiger partial charge in [0, 0.05) is 22.1 Å². The smallest absolute Gasteiger partial charge is 0.364 e. The quantitative estimate of drug-likeness (QED) is 0.246. The summed E-state index contributed by atoms with van der Waals surface area (Å²) in [4.78, 5) is 21.3. The molecule has 3 N–H and O–H groups in total. The SMILES string of the molecule is Cc1nc(-[n+]2nc(-c3cccc(OCC(=O)NCCCCCN)c3)nn2-c2ccccc2)sc1C. The summed E-state index contributed by atoms with van der Waals surface area (Å²) in [6.45, 7) is 5.27. The summed E-state index contributed by atoms with van der Waals surface area (Å²) in [5.74, 6) is 0.945. The van der Waals surface area contributed by atoms with Crippen molar-refractivity contribution >= 4 is 17.2 Å². The van der Waals surface area contributed by atoms with Gasteiger partial charge in [0.1, 0.15) is 17.1 Å². The molecule has 0 saturated heterocycles. The van der Waals surface area contributed by atoms with E-state index < -0.39 is 0 Å². The Hall–Kier alpha value is -3.63. The predicted octanol–water partition coefficient (Wildman–Crippen LogP) is 2.91. The minimum atomic E-state index is -0.151. The number of nitrogens with zero attached hydrogens (tertiary/aromatic N) is 5. The van der Waals surface area contributed by atoms with E-state index >= 15 is 0 Å². The molecule has 0 unspecified atom stereocenters. The first-order valence-electron chi connectivity index (χ1n) is 11.6. The molecule has 35 heavy (non-hydrogen) atoms. The molecule has 9 nitrogen and oxygen atoms in total. The Morgan fingerprint density at radius 2 is 1.94 bits per heavy atom. The van der Waals surface area contributed by atoms with Gasteiger partial charge in [-0.05, 0) is 78.3 Å². The van der Waals surface area contributed by atoms with Gasteiger partial charge in [0.05, 0.1) is 0 Å². The number of hydrogen-bond acceptors (Lipinski definition) is 7. The molecule has 0 fully saturated rings. The van der Waals surface area contributed by atoms with Crippen molar-refractivity contribution in [2.24, 2.45) is 5.73 Å². The van der Waals surface area contributed by atoms with Gasteiger partial charge in [-0.25, -0.2) is 0 Å². The molecule has 0 spiro atoms. The number of rotatable bonds is 11. The average molecular weight is 493 g/mol. The Bertz CT molecular complexity index is 1250. The van der Waals surface area contributed by atoms with Crippen molar-refractivity contribution in [1.29, 1.82) is 0 Å². The second kappa shape index (κ2) is 11.7. The Kier molecular flexibility index (Phi) is 8.17. The van der Waals surface area contributed by atoms with Crippen LogP contribution in [0.25, 0.3) is 22.2 Å². The summed E-state index contributed by atoms with van der Waals surface area (Å²) in [5.41, 5.74) is 8.10. The van der Waals surface area contributed by atoms with Crippen LogP contribution in [0.1, 0.15) is 29.8 Å². The number of para-hydroxylation sites is 1. The lowest BCUT2D eigenvalue weighted by Gasteiger charge is -2.07. The Morgan fingerprint density at radius 1 is 1.11 bits per heavy atom. The summed E-state index contributed by atoms with van der Waals surface area (Å²) in [5, 5.41) is 13.1. The summed E-state index contributed by atoms with van der Waals surface area (Å²) in [6, 6.07) is 17.2. The summed E-state index contributed by atoms with van der Waals surface area (Å²) in [7, 11) is 0. The third-order valence-corrected chi connectivity index (χ3v) is 6.44. The molecule has 0 saturated carbocycles. The lowest BCUT2D eigenvalue weighted by atomic mass is 10.2. The number of amides is 1. The molecule has 4 aromatic rings. The van der Waals surface area contributed by atoms with Crippen LogP contribution in [-0.2, 0) is 4.79 Å². The number of benzene rings is 2. The first-order valence-corrected chi connectivity index (χ1v) is 12.5. The van der Waals surface area contributed by atoms with Crippen LogP contribution in [0.4, 0.5) is 0 Å². The van der Waals surface area contributed by atoms with Crippen molar-refractivity contribution in [3.63, 3.8) is 0 Å². The highest BCUT2D eigenvalue weighted by Crippen LogP contribution is 2.22. The Morgan fingerprint density at radius 3 is 2.69 bits per heavy atom. The number of carbonyl (C=O) groups excluding carboxylic acids is 1. The van der Waals surface area contributed by atoms with E-state index in [2.05, 4.69) is 10.3 Å². The topological polar surface area (TPSA) is 112 Å². The van der Waals surface area contributed by atoms with Crippen LogP contribution in [0.15, 0.2) is 54.6 Å². The molecule has 2 aromatic carbocycles. The highest BCUT2D eigenvalue weighted by molar-refractivity contribution is 7.13. The van der Waals surface area contributed by atoms with Gasteiger partial charge < -0.3 is 15.8 Å². The van der Waals surface area contributed by atoms with Crippen LogP contribution < -0.4 is 20.6 Å².